The lowest BCUT2D eigenvalue weighted by Gasteiger charge is -2.49. The maximum Gasteiger partial charge on any atom is 0.272 e. The average Bonchev–Trinajstić information content (AvgIpc) is 4.11. The molecule has 5 heterocycles. The van der Waals surface area contributed by atoms with Gasteiger partial charge in [0.2, 0.25) is 5.91 Å². The van der Waals surface area contributed by atoms with Crippen molar-refractivity contribution in [2.24, 2.45) is 17.4 Å². The van der Waals surface area contributed by atoms with Gasteiger partial charge in [0.1, 0.15) is 30.7 Å². The molecule has 0 bridgehead atoms. The molecule has 0 spiro atoms. The Hall–Kier alpha value is -5.39. The van der Waals surface area contributed by atoms with Crippen molar-refractivity contribution >= 4 is 36.9 Å². The van der Waals surface area contributed by atoms with E-state index in [1.54, 1.807) is 42.2 Å². The zero-order chi connectivity index (χ0) is 41.3. The van der Waals surface area contributed by atoms with Crippen LogP contribution in [0.1, 0.15) is 85.8 Å². The molecule has 5 aliphatic rings. The SMILES string of the molecule is COC.[B]C(O)(c1cccc(C(=O)N2CCCC2)n1)N1CC(n2ncc3c2[C@@H](CC)N(C)c2c(NC(/C=C(\N)NC(=O)C4CC4)=C(/N)C(=O)NC4CC4)cccc2-3)C1. The number of hydrogen-bond donors (Lipinski definition) is 6. The first-order chi connectivity index (χ1) is 27.9. The lowest BCUT2D eigenvalue weighted by molar-refractivity contribution is -0.121. The number of hydrogen-bond acceptors (Lipinski definition) is 12. The van der Waals surface area contributed by atoms with E-state index < -0.39 is 11.5 Å². The Kier molecular flexibility index (Phi) is 11.8. The van der Waals surface area contributed by atoms with E-state index in [0.29, 0.717) is 31.9 Å². The minimum atomic E-state index is -1.87. The summed E-state index contributed by atoms with van der Waals surface area (Å²) in [5.74, 6) is -0.668. The molecule has 2 aliphatic carbocycles. The van der Waals surface area contributed by atoms with Gasteiger partial charge in [0.05, 0.1) is 46.7 Å². The number of benzene rings is 1. The summed E-state index contributed by atoms with van der Waals surface area (Å²) in [7, 11) is 11.8. The molecule has 3 amide bonds. The third kappa shape index (κ3) is 8.29. The van der Waals surface area contributed by atoms with Crippen LogP contribution in [0, 0.1) is 5.92 Å². The van der Waals surface area contributed by atoms with Gasteiger partial charge in [-0.15, -0.1) is 0 Å². The number of pyridine rings is 1. The lowest BCUT2D eigenvalue weighted by Crippen LogP contribution is -2.59. The van der Waals surface area contributed by atoms with Crippen LogP contribution in [0.15, 0.2) is 65.9 Å². The molecule has 16 nitrogen and oxygen atoms in total. The van der Waals surface area contributed by atoms with E-state index in [0.717, 1.165) is 67.5 Å². The number of carbonyl (C=O) groups excluding carboxylic acids is 3. The summed E-state index contributed by atoms with van der Waals surface area (Å²) in [6.45, 7) is 4.37. The van der Waals surface area contributed by atoms with Crippen molar-refractivity contribution in [2.75, 3.05) is 57.7 Å². The molecule has 2 atom stereocenters. The topological polar surface area (TPSA) is 209 Å². The van der Waals surface area contributed by atoms with Crippen molar-refractivity contribution in [3.8, 4) is 11.1 Å². The zero-order valence-corrected chi connectivity index (χ0v) is 33.7. The lowest BCUT2D eigenvalue weighted by atomic mass is 9.82. The molecule has 2 saturated carbocycles. The summed E-state index contributed by atoms with van der Waals surface area (Å²) in [6.07, 6.45) is 9.54. The number of rotatable bonds is 12. The van der Waals surface area contributed by atoms with Crippen molar-refractivity contribution < 1.29 is 24.2 Å². The van der Waals surface area contributed by atoms with Gasteiger partial charge in [0, 0.05) is 76.6 Å². The highest BCUT2D eigenvalue weighted by Gasteiger charge is 2.44. The summed E-state index contributed by atoms with van der Waals surface area (Å²) in [5, 5.41) is 25.5. The number of aliphatic hydroxyl groups is 1. The van der Waals surface area contributed by atoms with E-state index in [1.165, 1.54) is 6.08 Å². The molecule has 3 aromatic rings. The van der Waals surface area contributed by atoms with E-state index in [-0.39, 0.29) is 64.5 Å². The monoisotopic (exact) mass is 791 g/mol. The standard InChI is InChI=1S/C39H48BN11O4.C2H6O/c1-3-30-35-26(19-43-51(35)24-20-50(21-24)39(40,55)31-11-7-10-28(46-31)38(54)49-16-4-5-17-49)25-8-6-9-27(34(25)48(30)2)45-29(33(42)37(53)44-23-14-15-23)18-32(41)47-36(52)22-12-13-22;1-3-2/h6-11,18-19,22-24,30,45,55H,3-5,12-17,20-21,41-42H2,1-2H3,(H,44,53)(H,47,52);1-2H3/b32-18+,33-29+;/t30-,39?;/m1./s1. The highest BCUT2D eigenvalue weighted by atomic mass is 16.4. The number of aromatic nitrogens is 3. The number of ether oxygens (including phenoxy) is 1. The van der Waals surface area contributed by atoms with Gasteiger partial charge in [0.25, 0.3) is 11.8 Å². The number of fused-ring (bicyclic) bond motifs is 3. The maximum absolute atomic E-state index is 13.2. The molecule has 17 heteroatoms. The van der Waals surface area contributed by atoms with Crippen LogP contribution in [0.4, 0.5) is 11.4 Å². The summed E-state index contributed by atoms with van der Waals surface area (Å²) >= 11 is 0. The number of methoxy groups -OCH3 is 1. The van der Waals surface area contributed by atoms with Crippen molar-refractivity contribution in [1.29, 1.82) is 0 Å². The van der Waals surface area contributed by atoms with E-state index in [4.69, 9.17) is 24.4 Å². The van der Waals surface area contributed by atoms with Crippen LogP contribution in [0.25, 0.3) is 11.1 Å². The van der Waals surface area contributed by atoms with E-state index in [2.05, 4.69) is 37.5 Å². The van der Waals surface area contributed by atoms with Crippen LogP contribution in [0.3, 0.4) is 0 Å². The van der Waals surface area contributed by atoms with Gasteiger partial charge >= 0.3 is 0 Å². The minimum absolute atomic E-state index is 0.0401. The van der Waals surface area contributed by atoms with E-state index in [9.17, 15) is 19.5 Å². The number of likely N-dealkylation sites (tertiary alicyclic amines) is 2. The summed E-state index contributed by atoms with van der Waals surface area (Å²) in [5.41, 5.74) is 16.2. The molecule has 2 radical (unpaired) electrons. The van der Waals surface area contributed by atoms with Gasteiger partial charge in [-0.3, -0.25) is 24.0 Å². The smallest absolute Gasteiger partial charge is 0.272 e. The fraction of sp³-hybridized carbons (Fsp3) is 0.488. The second-order valence-electron chi connectivity index (χ2n) is 15.8. The number of para-hydroxylation sites is 1. The summed E-state index contributed by atoms with van der Waals surface area (Å²) in [6, 6.07) is 10.9. The third-order valence-corrected chi connectivity index (χ3v) is 11.3. The van der Waals surface area contributed by atoms with Crippen molar-refractivity contribution in [2.45, 2.75) is 75.6 Å². The average molecular weight is 792 g/mol. The van der Waals surface area contributed by atoms with Gasteiger partial charge in [0.15, 0.2) is 0 Å². The second kappa shape index (κ2) is 16.8. The van der Waals surface area contributed by atoms with Crippen LogP contribution in [0.2, 0.25) is 0 Å². The molecule has 1 aromatic carbocycles. The fourth-order valence-corrected chi connectivity index (χ4v) is 7.86. The predicted molar refractivity (Wildman–Crippen MR) is 221 cm³/mol. The highest BCUT2D eigenvalue weighted by Crippen LogP contribution is 2.50. The molecule has 1 unspecified atom stereocenters. The highest BCUT2D eigenvalue weighted by molar-refractivity contribution is 6.14. The molecular weight excluding hydrogens is 737 g/mol. The summed E-state index contributed by atoms with van der Waals surface area (Å²) < 4.78 is 6.29. The van der Waals surface area contributed by atoms with E-state index >= 15 is 0 Å². The number of nitrogens with one attached hydrogen (secondary N) is 3. The first-order valence-corrected chi connectivity index (χ1v) is 20.1. The largest absolute Gasteiger partial charge is 0.393 e. The normalized spacial score (nSPS) is 20.7. The number of anilines is 2. The first-order valence-electron chi connectivity index (χ1n) is 20.1. The molecule has 8 rings (SSSR count). The zero-order valence-electron chi connectivity index (χ0n) is 33.7. The Bertz CT molecular complexity index is 2100. The minimum Gasteiger partial charge on any atom is -0.393 e. The van der Waals surface area contributed by atoms with Crippen LogP contribution < -0.4 is 32.3 Å². The van der Waals surface area contributed by atoms with E-state index in [1.807, 2.05) is 36.1 Å². The number of amides is 3. The van der Waals surface area contributed by atoms with Crippen LogP contribution in [0.5, 0.6) is 0 Å². The predicted octanol–water partition coefficient (Wildman–Crippen LogP) is 2.36. The Balaban J connectivity index is 0.00000166. The Labute approximate surface area is 340 Å². The van der Waals surface area contributed by atoms with Crippen LogP contribution >= 0.6 is 0 Å². The Morgan fingerprint density at radius 2 is 1.72 bits per heavy atom. The Morgan fingerprint density at radius 1 is 1.03 bits per heavy atom. The van der Waals surface area contributed by atoms with Gasteiger partial charge in [-0.05, 0) is 63.1 Å². The first kappa shape index (κ1) is 40.8. The maximum atomic E-state index is 13.2. The van der Waals surface area contributed by atoms with Crippen molar-refractivity contribution in [1.82, 2.24) is 35.2 Å². The second-order valence-corrected chi connectivity index (χ2v) is 15.8. The Morgan fingerprint density at radius 3 is 2.38 bits per heavy atom. The molecule has 3 aliphatic heterocycles. The fourth-order valence-electron chi connectivity index (χ4n) is 7.86. The third-order valence-electron chi connectivity index (χ3n) is 11.3. The van der Waals surface area contributed by atoms with Gasteiger partial charge < -0.3 is 47.1 Å². The number of nitrogens with zero attached hydrogens (tertiary/aromatic N) is 6. The molecule has 306 valence electrons. The molecule has 4 fully saturated rings. The molecular formula is C41H54BN11O5. The van der Waals surface area contributed by atoms with Crippen LogP contribution in [-0.4, -0.2) is 109 Å². The molecule has 2 saturated heterocycles. The molecule has 58 heavy (non-hydrogen) atoms. The van der Waals surface area contributed by atoms with Crippen molar-refractivity contribution in [3.05, 3.63) is 83.0 Å². The number of carbonyl (C=O) groups is 3. The van der Waals surface area contributed by atoms with Crippen molar-refractivity contribution in [3.63, 3.8) is 0 Å². The quantitative estimate of drug-likeness (QED) is 0.0888. The number of allylic oxidation sites excluding steroid dienone is 1. The van der Waals surface area contributed by atoms with Gasteiger partial charge in [-0.1, -0.05) is 25.1 Å². The number of nitrogens with two attached hydrogens (primary N) is 2. The molecule has 2 aromatic heterocycles. The molecule has 8 N–H and O–H groups in total. The van der Waals surface area contributed by atoms with Gasteiger partial charge in [-0.25, -0.2) is 4.98 Å². The van der Waals surface area contributed by atoms with Crippen LogP contribution in [-0.2, 0) is 20.0 Å². The van der Waals surface area contributed by atoms with Gasteiger partial charge in [-0.2, -0.15) is 5.10 Å². The summed E-state index contributed by atoms with van der Waals surface area (Å²) in [4.78, 5) is 48.9.